The van der Waals surface area contributed by atoms with Crippen molar-refractivity contribution in [2.45, 2.75) is 23.9 Å². The van der Waals surface area contributed by atoms with Crippen LogP contribution in [0.25, 0.3) is 0 Å². The van der Waals surface area contributed by atoms with Gasteiger partial charge in [0, 0.05) is 0 Å². The summed E-state index contributed by atoms with van der Waals surface area (Å²) in [6.45, 7) is -1.95. The first kappa shape index (κ1) is 13.4. The Morgan fingerprint density at radius 1 is 1.21 bits per heavy atom. The molecule has 0 fully saturated rings. The topological polar surface area (TPSA) is 138 Å². The van der Waals surface area contributed by atoms with Crippen molar-refractivity contribution in [3.05, 3.63) is 0 Å². The molecule has 0 heterocycles. The molecule has 6 N–H and O–H groups in total. The van der Waals surface area contributed by atoms with E-state index in [4.69, 9.17) is 20.4 Å². The van der Waals surface area contributed by atoms with E-state index in [9.17, 15) is 15.0 Å². The summed E-state index contributed by atoms with van der Waals surface area (Å²) < 4.78 is 0. The fraction of sp³-hybridized carbons (Fsp3) is 0.857. The van der Waals surface area contributed by atoms with E-state index in [1.54, 1.807) is 0 Å². The number of hydrogen-bond acceptors (Lipinski definition) is 7. The summed E-state index contributed by atoms with van der Waals surface area (Å²) >= 11 is 0. The van der Waals surface area contributed by atoms with Gasteiger partial charge in [-0.1, -0.05) is 0 Å². The maximum atomic E-state index is 10.3. The SMILES string of the molecule is O=C[C@@](O)(CO)[C@H](O)[C@H](O)[C@H](O)CO. The summed E-state index contributed by atoms with van der Waals surface area (Å²) in [5.41, 5.74) is -2.55. The highest BCUT2D eigenvalue weighted by molar-refractivity contribution is 5.63. The fourth-order valence-corrected chi connectivity index (χ4v) is 0.815. The molecular formula is C7H14O7. The first-order valence-electron chi connectivity index (χ1n) is 3.87. The Hall–Kier alpha value is -0.570. The van der Waals surface area contributed by atoms with Gasteiger partial charge in [-0.05, 0) is 0 Å². The summed E-state index contributed by atoms with van der Waals surface area (Å²) in [5.74, 6) is 0. The molecule has 0 aliphatic carbocycles. The Morgan fingerprint density at radius 2 is 1.71 bits per heavy atom. The minimum atomic E-state index is -2.55. The number of aldehydes is 1. The molecule has 0 aromatic heterocycles. The molecule has 0 rings (SSSR count). The van der Waals surface area contributed by atoms with Crippen molar-refractivity contribution in [2.75, 3.05) is 13.2 Å². The van der Waals surface area contributed by atoms with Gasteiger partial charge in [0.15, 0.2) is 11.9 Å². The van der Waals surface area contributed by atoms with Crippen LogP contribution in [0.4, 0.5) is 0 Å². The first-order chi connectivity index (χ1) is 6.42. The van der Waals surface area contributed by atoms with E-state index < -0.39 is 37.1 Å². The quantitative estimate of drug-likeness (QED) is 0.245. The molecular weight excluding hydrogens is 196 g/mol. The van der Waals surface area contributed by atoms with E-state index in [2.05, 4.69) is 0 Å². The van der Waals surface area contributed by atoms with E-state index in [0.29, 0.717) is 0 Å². The molecule has 0 saturated carbocycles. The van der Waals surface area contributed by atoms with Crippen LogP contribution in [0.15, 0.2) is 0 Å². The highest BCUT2D eigenvalue weighted by Crippen LogP contribution is 2.13. The van der Waals surface area contributed by atoms with Gasteiger partial charge in [-0.15, -0.1) is 0 Å². The average molecular weight is 210 g/mol. The van der Waals surface area contributed by atoms with Crippen LogP contribution in [0.3, 0.4) is 0 Å². The molecule has 14 heavy (non-hydrogen) atoms. The normalized spacial score (nSPS) is 22.1. The number of carbonyl (C=O) groups is 1. The van der Waals surface area contributed by atoms with Crippen molar-refractivity contribution in [1.82, 2.24) is 0 Å². The number of hydrogen-bond donors (Lipinski definition) is 6. The predicted octanol–water partition coefficient (Wildman–Crippen LogP) is -4.02. The maximum Gasteiger partial charge on any atom is 0.171 e. The second-order valence-electron chi connectivity index (χ2n) is 2.95. The second-order valence-corrected chi connectivity index (χ2v) is 2.95. The van der Waals surface area contributed by atoms with E-state index in [-0.39, 0.29) is 6.29 Å². The number of carbonyl (C=O) groups excluding carboxylic acids is 1. The molecule has 0 aromatic rings. The number of aliphatic hydroxyl groups excluding tert-OH is 5. The Bertz CT molecular complexity index is 185. The molecule has 7 heteroatoms. The highest BCUT2D eigenvalue weighted by Gasteiger charge is 2.41. The molecule has 84 valence electrons. The predicted molar refractivity (Wildman–Crippen MR) is 43.2 cm³/mol. The van der Waals surface area contributed by atoms with Crippen molar-refractivity contribution in [3.8, 4) is 0 Å². The minimum absolute atomic E-state index is 0.148. The first-order valence-corrected chi connectivity index (χ1v) is 3.87. The van der Waals surface area contributed by atoms with Gasteiger partial charge < -0.3 is 30.6 Å². The van der Waals surface area contributed by atoms with Crippen LogP contribution < -0.4 is 0 Å². The summed E-state index contributed by atoms with van der Waals surface area (Å²) in [6, 6.07) is 0. The Kier molecular flexibility index (Phi) is 5.13. The van der Waals surface area contributed by atoms with E-state index >= 15 is 0 Å². The van der Waals surface area contributed by atoms with Gasteiger partial charge in [0.1, 0.15) is 18.3 Å². The zero-order valence-corrected chi connectivity index (χ0v) is 7.32. The van der Waals surface area contributed by atoms with Crippen molar-refractivity contribution in [2.24, 2.45) is 0 Å². The molecule has 0 radical (unpaired) electrons. The van der Waals surface area contributed by atoms with Crippen LogP contribution in [-0.4, -0.2) is 74.1 Å². The van der Waals surface area contributed by atoms with Gasteiger partial charge in [-0.25, -0.2) is 0 Å². The molecule has 0 amide bonds. The molecule has 7 nitrogen and oxygen atoms in total. The third-order valence-corrected chi connectivity index (χ3v) is 1.87. The summed E-state index contributed by atoms with van der Waals surface area (Å²) in [4.78, 5) is 10.3. The largest absolute Gasteiger partial charge is 0.394 e. The molecule has 4 atom stereocenters. The molecule has 0 aliphatic heterocycles. The Labute approximate surface area is 79.9 Å². The van der Waals surface area contributed by atoms with Gasteiger partial charge >= 0.3 is 0 Å². The second kappa shape index (κ2) is 5.35. The Morgan fingerprint density at radius 3 is 2.00 bits per heavy atom. The lowest BCUT2D eigenvalue weighted by molar-refractivity contribution is -0.173. The zero-order chi connectivity index (χ0) is 11.4. The van der Waals surface area contributed by atoms with Crippen LogP contribution in [-0.2, 0) is 4.79 Å². The van der Waals surface area contributed by atoms with Crippen molar-refractivity contribution in [3.63, 3.8) is 0 Å². The van der Waals surface area contributed by atoms with Gasteiger partial charge in [0.05, 0.1) is 13.2 Å². The number of rotatable bonds is 6. The fourth-order valence-electron chi connectivity index (χ4n) is 0.815. The third-order valence-electron chi connectivity index (χ3n) is 1.87. The van der Waals surface area contributed by atoms with Crippen LogP contribution in [0.1, 0.15) is 0 Å². The summed E-state index contributed by atoms with van der Waals surface area (Å²) in [7, 11) is 0. The lowest BCUT2D eigenvalue weighted by Gasteiger charge is -2.30. The van der Waals surface area contributed by atoms with Crippen molar-refractivity contribution in [1.29, 1.82) is 0 Å². The number of aliphatic hydroxyl groups is 6. The molecule has 0 spiro atoms. The smallest absolute Gasteiger partial charge is 0.171 e. The monoisotopic (exact) mass is 210 g/mol. The lowest BCUT2D eigenvalue weighted by Crippen LogP contribution is -2.56. The Balaban J connectivity index is 4.57. The van der Waals surface area contributed by atoms with Crippen LogP contribution in [0.5, 0.6) is 0 Å². The standard InChI is InChI=1S/C7H14O7/c8-1-4(11)5(12)6(13)7(14,2-9)3-10/h2,4-6,8,10-14H,1,3H2/t4-,5-,6-,7-/m1/s1. The third kappa shape index (κ3) is 2.71. The molecule has 0 aromatic carbocycles. The van der Waals surface area contributed by atoms with Crippen LogP contribution in [0, 0.1) is 0 Å². The average Bonchev–Trinajstić information content (AvgIpc) is 2.24. The van der Waals surface area contributed by atoms with Gasteiger partial charge in [-0.3, -0.25) is 4.79 Å². The molecule has 0 bridgehead atoms. The lowest BCUT2D eigenvalue weighted by atomic mass is 9.92. The van der Waals surface area contributed by atoms with Gasteiger partial charge in [0.25, 0.3) is 0 Å². The van der Waals surface area contributed by atoms with E-state index in [1.165, 1.54) is 0 Å². The molecule has 0 saturated heterocycles. The van der Waals surface area contributed by atoms with Crippen molar-refractivity contribution >= 4 is 6.29 Å². The van der Waals surface area contributed by atoms with E-state index in [1.807, 2.05) is 0 Å². The maximum absolute atomic E-state index is 10.3. The summed E-state index contributed by atoms with van der Waals surface area (Å²) in [5, 5.41) is 53.3. The van der Waals surface area contributed by atoms with E-state index in [0.717, 1.165) is 0 Å². The zero-order valence-electron chi connectivity index (χ0n) is 7.32. The molecule has 0 aliphatic rings. The van der Waals surface area contributed by atoms with Gasteiger partial charge in [-0.2, -0.15) is 0 Å². The van der Waals surface area contributed by atoms with Crippen LogP contribution >= 0.6 is 0 Å². The van der Waals surface area contributed by atoms with Crippen LogP contribution in [0.2, 0.25) is 0 Å². The van der Waals surface area contributed by atoms with Gasteiger partial charge in [0.2, 0.25) is 0 Å². The highest BCUT2D eigenvalue weighted by atomic mass is 16.4. The summed E-state index contributed by atoms with van der Waals surface area (Å²) in [6.07, 6.45) is -5.86. The van der Waals surface area contributed by atoms with Crippen molar-refractivity contribution < 1.29 is 35.4 Å². The molecule has 0 unspecified atom stereocenters. The minimum Gasteiger partial charge on any atom is -0.394 e.